The molecule has 0 radical (unpaired) electrons. The number of amides is 1. The van der Waals surface area contributed by atoms with Crippen molar-refractivity contribution < 1.29 is 13.2 Å². The third kappa shape index (κ3) is 3.12. The summed E-state index contributed by atoms with van der Waals surface area (Å²) in [6.07, 6.45) is 2.76. The highest BCUT2D eigenvalue weighted by atomic mass is 32.2. The van der Waals surface area contributed by atoms with Crippen LogP contribution < -0.4 is 11.1 Å². The lowest BCUT2D eigenvalue weighted by Crippen LogP contribution is -2.33. The first-order valence-corrected chi connectivity index (χ1v) is 10.7. The molecule has 0 spiro atoms. The van der Waals surface area contributed by atoms with Gasteiger partial charge in [-0.1, -0.05) is 30.3 Å². The topological polar surface area (TPSA) is 118 Å². The summed E-state index contributed by atoms with van der Waals surface area (Å²) in [5.41, 5.74) is 5.43. The molecule has 1 aliphatic carbocycles. The Bertz CT molecular complexity index is 1200. The van der Waals surface area contributed by atoms with Gasteiger partial charge in [-0.15, -0.1) is 0 Å². The third-order valence-electron chi connectivity index (χ3n) is 5.75. The van der Waals surface area contributed by atoms with Crippen molar-refractivity contribution in [2.24, 2.45) is 17.6 Å². The van der Waals surface area contributed by atoms with Crippen molar-refractivity contribution in [1.29, 1.82) is 0 Å². The number of rotatable bonds is 5. The van der Waals surface area contributed by atoms with Crippen LogP contribution in [0.25, 0.3) is 10.8 Å². The number of carbonyl (C=O) groups excluding carboxylic acids is 1. The predicted octanol–water partition coefficient (Wildman–Crippen LogP) is 1.46. The number of hydrogen-bond acceptors (Lipinski definition) is 6. The van der Waals surface area contributed by atoms with Gasteiger partial charge in [0, 0.05) is 31.5 Å². The molecule has 1 aliphatic heterocycles. The lowest BCUT2D eigenvalue weighted by molar-refractivity contribution is 0.0999. The molecule has 1 saturated carbocycles. The Morgan fingerprint density at radius 1 is 1.03 bits per heavy atom. The maximum Gasteiger partial charge on any atom is 0.251 e. The standard InChI is InChI=1S/C20H19N5O3S/c21-19(26)14-8-22-20(23-9-14)24-18-16-10-25(11-17(16)18)29(27,28)15-6-5-12-3-1-2-4-13(12)7-15/h1-9,16-18H,10-11H2,(H2,21,26)(H,22,23,24). The van der Waals surface area contributed by atoms with Crippen LogP contribution in [0.5, 0.6) is 0 Å². The van der Waals surface area contributed by atoms with E-state index in [-0.39, 0.29) is 23.4 Å². The Morgan fingerprint density at radius 3 is 2.34 bits per heavy atom. The number of nitrogens with two attached hydrogens (primary N) is 1. The molecule has 3 aromatic rings. The average molecular weight is 409 g/mol. The molecule has 2 fully saturated rings. The van der Waals surface area contributed by atoms with E-state index in [2.05, 4.69) is 15.3 Å². The number of anilines is 1. The summed E-state index contributed by atoms with van der Waals surface area (Å²) in [4.78, 5) is 19.6. The molecule has 2 unspecified atom stereocenters. The molecule has 3 N–H and O–H groups in total. The monoisotopic (exact) mass is 409 g/mol. The second kappa shape index (κ2) is 6.50. The molecule has 148 valence electrons. The normalized spacial score (nSPS) is 23.7. The van der Waals surface area contributed by atoms with Gasteiger partial charge in [-0.2, -0.15) is 4.31 Å². The number of primary amides is 1. The Morgan fingerprint density at radius 2 is 1.69 bits per heavy atom. The summed E-state index contributed by atoms with van der Waals surface area (Å²) in [7, 11) is -3.52. The number of fused-ring (bicyclic) bond motifs is 2. The SMILES string of the molecule is NC(=O)c1cnc(NC2C3CN(S(=O)(=O)c4ccc5ccccc5c4)CC32)nc1. The molecular formula is C20H19N5O3S. The Hall–Kier alpha value is -3.04. The first-order chi connectivity index (χ1) is 13.9. The number of benzene rings is 2. The average Bonchev–Trinajstić information content (AvgIpc) is 3.15. The van der Waals surface area contributed by atoms with Crippen molar-refractivity contribution in [3.63, 3.8) is 0 Å². The van der Waals surface area contributed by atoms with Gasteiger partial charge in [-0.3, -0.25) is 4.79 Å². The van der Waals surface area contributed by atoms with Crippen LogP contribution in [-0.4, -0.2) is 47.7 Å². The van der Waals surface area contributed by atoms with E-state index in [9.17, 15) is 13.2 Å². The van der Waals surface area contributed by atoms with E-state index in [1.54, 1.807) is 16.4 Å². The maximum absolute atomic E-state index is 13.0. The molecule has 29 heavy (non-hydrogen) atoms. The van der Waals surface area contributed by atoms with Gasteiger partial charge < -0.3 is 11.1 Å². The Balaban J connectivity index is 1.27. The zero-order valence-electron chi connectivity index (χ0n) is 15.4. The van der Waals surface area contributed by atoms with Gasteiger partial charge in [0.1, 0.15) is 0 Å². The number of sulfonamides is 1. The van der Waals surface area contributed by atoms with E-state index in [0.717, 1.165) is 10.8 Å². The maximum atomic E-state index is 13.0. The minimum absolute atomic E-state index is 0.137. The zero-order valence-corrected chi connectivity index (χ0v) is 16.2. The van der Waals surface area contributed by atoms with E-state index in [1.165, 1.54) is 12.4 Å². The number of hydrogen-bond donors (Lipinski definition) is 2. The second-order valence-electron chi connectivity index (χ2n) is 7.49. The number of nitrogens with one attached hydrogen (secondary N) is 1. The van der Waals surface area contributed by atoms with Crippen LogP contribution >= 0.6 is 0 Å². The molecule has 5 rings (SSSR count). The van der Waals surface area contributed by atoms with Crippen molar-refractivity contribution in [2.45, 2.75) is 10.9 Å². The molecule has 1 amide bonds. The molecule has 2 heterocycles. The molecular weight excluding hydrogens is 390 g/mol. The van der Waals surface area contributed by atoms with Gasteiger partial charge in [-0.25, -0.2) is 18.4 Å². The molecule has 2 aromatic carbocycles. The second-order valence-corrected chi connectivity index (χ2v) is 9.43. The third-order valence-corrected chi connectivity index (χ3v) is 7.58. The fourth-order valence-corrected chi connectivity index (χ4v) is 5.60. The van der Waals surface area contributed by atoms with Gasteiger partial charge in [0.15, 0.2) is 0 Å². The number of piperidine rings is 1. The van der Waals surface area contributed by atoms with Crippen LogP contribution in [0.1, 0.15) is 10.4 Å². The highest BCUT2D eigenvalue weighted by Crippen LogP contribution is 2.48. The van der Waals surface area contributed by atoms with Crippen molar-refractivity contribution >= 4 is 32.7 Å². The quantitative estimate of drug-likeness (QED) is 0.659. The molecule has 2 aliphatic rings. The first kappa shape index (κ1) is 18.0. The number of carbonyl (C=O) groups is 1. The van der Waals surface area contributed by atoms with Gasteiger partial charge >= 0.3 is 0 Å². The van der Waals surface area contributed by atoms with Crippen LogP contribution in [-0.2, 0) is 10.0 Å². The molecule has 2 atom stereocenters. The van der Waals surface area contributed by atoms with Crippen molar-refractivity contribution in [1.82, 2.24) is 14.3 Å². The van der Waals surface area contributed by atoms with Crippen LogP contribution in [0.2, 0.25) is 0 Å². The van der Waals surface area contributed by atoms with Crippen LogP contribution in [0.3, 0.4) is 0 Å². The van der Waals surface area contributed by atoms with E-state index >= 15 is 0 Å². The lowest BCUT2D eigenvalue weighted by Gasteiger charge is -2.20. The van der Waals surface area contributed by atoms with Gasteiger partial charge in [0.05, 0.1) is 10.5 Å². The van der Waals surface area contributed by atoms with E-state index < -0.39 is 15.9 Å². The van der Waals surface area contributed by atoms with Crippen LogP contribution in [0.15, 0.2) is 59.8 Å². The van der Waals surface area contributed by atoms with Gasteiger partial charge in [0.2, 0.25) is 16.0 Å². The van der Waals surface area contributed by atoms with Crippen molar-refractivity contribution in [3.05, 3.63) is 60.4 Å². The summed E-state index contributed by atoms with van der Waals surface area (Å²) >= 11 is 0. The molecule has 8 nitrogen and oxygen atoms in total. The molecule has 0 bridgehead atoms. The Labute approximate surface area is 167 Å². The smallest absolute Gasteiger partial charge is 0.251 e. The van der Waals surface area contributed by atoms with Crippen molar-refractivity contribution in [3.8, 4) is 0 Å². The summed E-state index contributed by atoms with van der Waals surface area (Å²) in [6, 6.07) is 13.1. The van der Waals surface area contributed by atoms with E-state index in [1.807, 2.05) is 30.3 Å². The highest BCUT2D eigenvalue weighted by molar-refractivity contribution is 7.89. The number of aromatic nitrogens is 2. The predicted molar refractivity (Wildman–Crippen MR) is 108 cm³/mol. The van der Waals surface area contributed by atoms with Gasteiger partial charge in [0.25, 0.3) is 5.91 Å². The van der Waals surface area contributed by atoms with E-state index in [0.29, 0.717) is 23.9 Å². The fourth-order valence-electron chi connectivity index (χ4n) is 4.05. The van der Waals surface area contributed by atoms with Crippen LogP contribution in [0, 0.1) is 11.8 Å². The van der Waals surface area contributed by atoms with E-state index in [4.69, 9.17) is 5.73 Å². The summed E-state index contributed by atoms with van der Waals surface area (Å²) in [6.45, 7) is 0.938. The summed E-state index contributed by atoms with van der Waals surface area (Å²) in [5, 5.41) is 5.15. The fraction of sp³-hybridized carbons (Fsp3) is 0.250. The zero-order chi connectivity index (χ0) is 20.2. The van der Waals surface area contributed by atoms with Crippen LogP contribution in [0.4, 0.5) is 5.95 Å². The summed E-state index contributed by atoms with van der Waals surface area (Å²) in [5.74, 6) is 0.294. The largest absolute Gasteiger partial charge is 0.366 e. The lowest BCUT2D eigenvalue weighted by atomic mass is 10.1. The minimum atomic E-state index is -3.52. The summed E-state index contributed by atoms with van der Waals surface area (Å²) < 4.78 is 27.7. The molecule has 1 saturated heterocycles. The molecule has 9 heteroatoms. The number of nitrogens with zero attached hydrogens (tertiary/aromatic N) is 3. The van der Waals surface area contributed by atoms with Gasteiger partial charge in [-0.05, 0) is 34.7 Å². The Kier molecular flexibility index (Phi) is 4.04. The van der Waals surface area contributed by atoms with Crippen molar-refractivity contribution in [2.75, 3.05) is 18.4 Å². The first-order valence-electron chi connectivity index (χ1n) is 9.31. The minimum Gasteiger partial charge on any atom is -0.366 e. The molecule has 1 aromatic heterocycles. The highest BCUT2D eigenvalue weighted by Gasteiger charge is 2.58.